The van der Waals surface area contributed by atoms with Gasteiger partial charge in [-0.3, -0.25) is 4.79 Å². The molecule has 1 N–H and O–H groups in total. The van der Waals surface area contributed by atoms with Crippen LogP contribution in [0.1, 0.15) is 6.92 Å². The molecule has 4 aromatic rings. The van der Waals surface area contributed by atoms with E-state index in [1.54, 1.807) is 36.0 Å². The lowest BCUT2D eigenvalue weighted by molar-refractivity contribution is -0.122. The van der Waals surface area contributed by atoms with Crippen LogP contribution in [-0.2, 0) is 4.79 Å². The van der Waals surface area contributed by atoms with Gasteiger partial charge in [-0.2, -0.15) is 9.61 Å². The Morgan fingerprint density at radius 2 is 1.70 bits per heavy atom. The fourth-order valence-corrected chi connectivity index (χ4v) is 2.77. The molecule has 2 aromatic heterocycles. The van der Waals surface area contributed by atoms with Crippen molar-refractivity contribution in [2.45, 2.75) is 13.0 Å². The van der Waals surface area contributed by atoms with E-state index < -0.39 is 6.10 Å². The predicted octanol–water partition coefficient (Wildman–Crippen LogP) is 3.80. The second kappa shape index (κ2) is 7.29. The Kier molecular flexibility index (Phi) is 4.53. The number of hydrogen-bond donors (Lipinski definition) is 1. The minimum atomic E-state index is -0.661. The number of ether oxygens (including phenoxy) is 1. The zero-order valence-electron chi connectivity index (χ0n) is 14.7. The van der Waals surface area contributed by atoms with E-state index >= 15 is 0 Å². The van der Waals surface area contributed by atoms with E-state index in [0.717, 1.165) is 11.1 Å². The van der Waals surface area contributed by atoms with Crippen molar-refractivity contribution < 1.29 is 9.53 Å². The lowest BCUT2D eigenvalue weighted by Crippen LogP contribution is -2.30. The van der Waals surface area contributed by atoms with Gasteiger partial charge in [0.15, 0.2) is 11.8 Å². The maximum absolute atomic E-state index is 12.5. The quantitative estimate of drug-likeness (QED) is 0.589. The highest BCUT2D eigenvalue weighted by molar-refractivity contribution is 5.93. The summed E-state index contributed by atoms with van der Waals surface area (Å²) in [6.07, 6.45) is 2.60. The van der Waals surface area contributed by atoms with Crippen LogP contribution in [0, 0.1) is 0 Å². The highest BCUT2D eigenvalue weighted by atomic mass is 16.5. The van der Waals surface area contributed by atoms with E-state index in [1.807, 2.05) is 42.5 Å². The minimum absolute atomic E-state index is 0.259. The second-order valence-electron chi connectivity index (χ2n) is 6.07. The van der Waals surface area contributed by atoms with Gasteiger partial charge < -0.3 is 10.1 Å². The van der Waals surface area contributed by atoms with Gasteiger partial charge in [-0.15, -0.1) is 0 Å². The first-order chi connectivity index (χ1) is 13.2. The van der Waals surface area contributed by atoms with Crippen molar-refractivity contribution in [2.75, 3.05) is 5.32 Å². The molecule has 2 heterocycles. The van der Waals surface area contributed by atoms with Gasteiger partial charge in [0, 0.05) is 12.3 Å². The van der Waals surface area contributed by atoms with E-state index in [-0.39, 0.29) is 5.91 Å². The molecule has 0 fully saturated rings. The lowest BCUT2D eigenvalue weighted by atomic mass is 10.1. The molecule has 1 unspecified atom stereocenters. The molecule has 0 radical (unpaired) electrons. The van der Waals surface area contributed by atoms with Gasteiger partial charge in [0.2, 0.25) is 0 Å². The standard InChI is InChI=1S/C21H18N4O2/c1-15(21(26)24-20-11-13-22-19-12-14-23-25(19)20)27-18-9-7-17(8-10-18)16-5-3-2-4-6-16/h2-15H,1H3,(H,24,26). The van der Waals surface area contributed by atoms with Crippen molar-refractivity contribution in [3.63, 3.8) is 0 Å². The molecule has 0 aliphatic rings. The van der Waals surface area contributed by atoms with Gasteiger partial charge in [0.05, 0.1) is 6.20 Å². The molecular formula is C21H18N4O2. The highest BCUT2D eigenvalue weighted by Gasteiger charge is 2.16. The van der Waals surface area contributed by atoms with Crippen molar-refractivity contribution in [2.24, 2.45) is 0 Å². The number of hydrogen-bond acceptors (Lipinski definition) is 4. The Morgan fingerprint density at radius 3 is 2.48 bits per heavy atom. The van der Waals surface area contributed by atoms with Crippen LogP contribution >= 0.6 is 0 Å². The minimum Gasteiger partial charge on any atom is -0.481 e. The Balaban J connectivity index is 1.43. The Bertz CT molecular complexity index is 1060. The van der Waals surface area contributed by atoms with Crippen LogP contribution in [-0.4, -0.2) is 26.6 Å². The molecule has 4 rings (SSSR count). The van der Waals surface area contributed by atoms with Gasteiger partial charge in [0.1, 0.15) is 11.6 Å². The van der Waals surface area contributed by atoms with E-state index in [9.17, 15) is 4.79 Å². The maximum Gasteiger partial charge on any atom is 0.266 e. The molecule has 0 spiro atoms. The summed E-state index contributed by atoms with van der Waals surface area (Å²) >= 11 is 0. The van der Waals surface area contributed by atoms with Gasteiger partial charge in [-0.1, -0.05) is 42.5 Å². The summed E-state index contributed by atoms with van der Waals surface area (Å²) in [7, 11) is 0. The third-order valence-electron chi connectivity index (χ3n) is 4.18. The summed E-state index contributed by atoms with van der Waals surface area (Å²) in [6.45, 7) is 1.71. The van der Waals surface area contributed by atoms with E-state index in [0.29, 0.717) is 17.2 Å². The molecule has 1 atom stereocenters. The fraction of sp³-hybridized carbons (Fsp3) is 0.0952. The van der Waals surface area contributed by atoms with Crippen molar-refractivity contribution in [1.82, 2.24) is 14.6 Å². The van der Waals surface area contributed by atoms with Gasteiger partial charge in [-0.25, -0.2) is 4.98 Å². The van der Waals surface area contributed by atoms with Gasteiger partial charge in [-0.05, 0) is 36.2 Å². The zero-order valence-corrected chi connectivity index (χ0v) is 14.7. The average molecular weight is 358 g/mol. The van der Waals surface area contributed by atoms with Crippen molar-refractivity contribution in [3.8, 4) is 16.9 Å². The summed E-state index contributed by atoms with van der Waals surface area (Å²) in [5, 5.41) is 6.98. The molecular weight excluding hydrogens is 340 g/mol. The van der Waals surface area contributed by atoms with Crippen molar-refractivity contribution in [1.29, 1.82) is 0 Å². The average Bonchev–Trinajstić information content (AvgIpc) is 3.19. The van der Waals surface area contributed by atoms with Crippen molar-refractivity contribution in [3.05, 3.63) is 79.1 Å². The molecule has 0 saturated carbocycles. The largest absolute Gasteiger partial charge is 0.481 e. The van der Waals surface area contributed by atoms with Crippen LogP contribution in [0.2, 0.25) is 0 Å². The summed E-state index contributed by atoms with van der Waals surface area (Å²) in [5.41, 5.74) is 2.89. The molecule has 134 valence electrons. The van der Waals surface area contributed by atoms with Gasteiger partial charge in [0.25, 0.3) is 5.91 Å². The van der Waals surface area contributed by atoms with E-state index in [2.05, 4.69) is 27.5 Å². The molecule has 1 amide bonds. The topological polar surface area (TPSA) is 68.5 Å². The third kappa shape index (κ3) is 3.64. The number of benzene rings is 2. The Morgan fingerprint density at radius 1 is 0.963 bits per heavy atom. The number of anilines is 1. The summed E-state index contributed by atoms with van der Waals surface area (Å²) in [5.74, 6) is 0.923. The van der Waals surface area contributed by atoms with Crippen LogP contribution in [0.25, 0.3) is 16.8 Å². The molecule has 0 bridgehead atoms. The van der Waals surface area contributed by atoms with Crippen LogP contribution in [0.15, 0.2) is 79.1 Å². The Hall–Kier alpha value is -3.67. The number of aromatic nitrogens is 3. The van der Waals surface area contributed by atoms with Crippen molar-refractivity contribution >= 4 is 17.4 Å². The number of nitrogens with zero attached hydrogens (tertiary/aromatic N) is 3. The highest BCUT2D eigenvalue weighted by Crippen LogP contribution is 2.22. The Labute approximate surface area is 156 Å². The summed E-state index contributed by atoms with van der Waals surface area (Å²) in [6, 6.07) is 21.2. The summed E-state index contributed by atoms with van der Waals surface area (Å²) < 4.78 is 7.34. The second-order valence-corrected chi connectivity index (χ2v) is 6.07. The summed E-state index contributed by atoms with van der Waals surface area (Å²) in [4.78, 5) is 16.6. The maximum atomic E-state index is 12.5. The van der Waals surface area contributed by atoms with Crippen LogP contribution in [0.5, 0.6) is 5.75 Å². The first kappa shape index (κ1) is 16.8. The molecule has 6 heteroatoms. The van der Waals surface area contributed by atoms with E-state index in [4.69, 9.17) is 4.74 Å². The number of nitrogens with one attached hydrogen (secondary N) is 1. The molecule has 27 heavy (non-hydrogen) atoms. The van der Waals surface area contributed by atoms with Crippen LogP contribution < -0.4 is 10.1 Å². The van der Waals surface area contributed by atoms with Gasteiger partial charge >= 0.3 is 0 Å². The normalized spacial score (nSPS) is 11.9. The number of carbonyl (C=O) groups is 1. The van der Waals surface area contributed by atoms with E-state index in [1.165, 1.54) is 0 Å². The molecule has 2 aromatic carbocycles. The third-order valence-corrected chi connectivity index (χ3v) is 4.18. The first-order valence-corrected chi connectivity index (χ1v) is 8.62. The zero-order chi connectivity index (χ0) is 18.6. The number of rotatable bonds is 5. The smallest absolute Gasteiger partial charge is 0.266 e. The number of amides is 1. The molecule has 0 aliphatic carbocycles. The monoisotopic (exact) mass is 358 g/mol. The first-order valence-electron chi connectivity index (χ1n) is 8.62. The van der Waals surface area contributed by atoms with Crippen LogP contribution in [0.4, 0.5) is 5.82 Å². The molecule has 0 aliphatic heterocycles. The lowest BCUT2D eigenvalue weighted by Gasteiger charge is -2.15. The predicted molar refractivity (Wildman–Crippen MR) is 104 cm³/mol. The SMILES string of the molecule is CC(Oc1ccc(-c2ccccc2)cc1)C(=O)Nc1ccnc2ccnn12. The number of carbonyl (C=O) groups excluding carboxylic acids is 1. The fourth-order valence-electron chi connectivity index (χ4n) is 2.77. The number of fused-ring (bicyclic) bond motifs is 1. The van der Waals surface area contributed by atoms with Crippen LogP contribution in [0.3, 0.4) is 0 Å². The molecule has 0 saturated heterocycles. The molecule has 6 nitrogen and oxygen atoms in total.